The van der Waals surface area contributed by atoms with Crippen LogP contribution in [0.4, 0.5) is 5.69 Å². The summed E-state index contributed by atoms with van der Waals surface area (Å²) in [4.78, 5) is 11.6. The molecule has 1 aliphatic heterocycles. The van der Waals surface area contributed by atoms with Crippen molar-refractivity contribution in [1.29, 1.82) is 0 Å². The zero-order valence-electron chi connectivity index (χ0n) is 11.7. The minimum atomic E-state index is -3.92. The van der Waals surface area contributed by atoms with Gasteiger partial charge in [-0.15, -0.1) is 0 Å². The molecule has 0 spiro atoms. The van der Waals surface area contributed by atoms with Crippen LogP contribution in [-0.2, 0) is 14.8 Å². The molecule has 0 radical (unpaired) electrons. The van der Waals surface area contributed by atoms with E-state index >= 15 is 0 Å². The first-order chi connectivity index (χ1) is 9.91. The molecular weight excluding hydrogens is 296 g/mol. The summed E-state index contributed by atoms with van der Waals surface area (Å²) in [6.45, 7) is 0.0536. The molecule has 0 aliphatic carbocycles. The molecule has 0 saturated carbocycles. The minimum Gasteiger partial charge on any atom is -0.465 e. The summed E-state index contributed by atoms with van der Waals surface area (Å²) in [6.07, 6.45) is 1.26. The minimum absolute atomic E-state index is 0.0599. The normalized spacial score (nSPS) is 19.6. The smallest absolute Gasteiger partial charge is 0.339 e. The fourth-order valence-electron chi connectivity index (χ4n) is 2.47. The molecule has 8 heteroatoms. The number of nitrogens with two attached hydrogens (primary N) is 1. The predicted molar refractivity (Wildman–Crippen MR) is 76.2 cm³/mol. The number of anilines is 1. The van der Waals surface area contributed by atoms with Crippen LogP contribution in [0.5, 0.6) is 0 Å². The van der Waals surface area contributed by atoms with E-state index in [2.05, 4.69) is 4.74 Å². The van der Waals surface area contributed by atoms with E-state index in [1.807, 2.05) is 0 Å². The second kappa shape index (κ2) is 6.00. The molecule has 2 rings (SSSR count). The Morgan fingerprint density at radius 3 is 2.86 bits per heavy atom. The van der Waals surface area contributed by atoms with Gasteiger partial charge in [-0.3, -0.25) is 0 Å². The third-order valence-corrected chi connectivity index (χ3v) is 5.52. The molecule has 21 heavy (non-hydrogen) atoms. The average molecular weight is 314 g/mol. The SMILES string of the molecule is COC(=O)c1ccc(N)cc1S(=O)(=O)N1CCCC1CO. The van der Waals surface area contributed by atoms with E-state index in [0.29, 0.717) is 19.4 Å². The molecule has 7 nitrogen and oxygen atoms in total. The zero-order chi connectivity index (χ0) is 15.6. The summed E-state index contributed by atoms with van der Waals surface area (Å²) in [6, 6.07) is 3.55. The summed E-state index contributed by atoms with van der Waals surface area (Å²) >= 11 is 0. The molecule has 116 valence electrons. The van der Waals surface area contributed by atoms with Gasteiger partial charge in [0.25, 0.3) is 0 Å². The number of hydrogen-bond acceptors (Lipinski definition) is 6. The third-order valence-electron chi connectivity index (χ3n) is 3.53. The van der Waals surface area contributed by atoms with Gasteiger partial charge in [0.2, 0.25) is 10.0 Å². The zero-order valence-corrected chi connectivity index (χ0v) is 12.5. The largest absolute Gasteiger partial charge is 0.465 e. The number of carbonyl (C=O) groups excluding carboxylic acids is 1. The lowest BCUT2D eigenvalue weighted by Gasteiger charge is -2.23. The second-order valence-electron chi connectivity index (χ2n) is 4.84. The van der Waals surface area contributed by atoms with Gasteiger partial charge in [-0.05, 0) is 31.0 Å². The van der Waals surface area contributed by atoms with Crippen LogP contribution in [0, 0.1) is 0 Å². The van der Waals surface area contributed by atoms with Gasteiger partial charge >= 0.3 is 5.97 Å². The Morgan fingerprint density at radius 2 is 2.24 bits per heavy atom. The lowest BCUT2D eigenvalue weighted by atomic mass is 10.2. The average Bonchev–Trinajstić information content (AvgIpc) is 2.95. The Balaban J connectivity index is 2.53. The molecule has 1 aliphatic rings. The van der Waals surface area contributed by atoms with E-state index in [1.165, 1.54) is 29.6 Å². The van der Waals surface area contributed by atoms with E-state index < -0.39 is 22.0 Å². The number of benzene rings is 1. The van der Waals surface area contributed by atoms with Crippen molar-refractivity contribution < 1.29 is 23.1 Å². The van der Waals surface area contributed by atoms with Crippen LogP contribution in [0.3, 0.4) is 0 Å². The van der Waals surface area contributed by atoms with Crippen molar-refractivity contribution in [2.24, 2.45) is 0 Å². The van der Waals surface area contributed by atoms with E-state index in [0.717, 1.165) is 0 Å². The third kappa shape index (κ3) is 2.87. The highest BCUT2D eigenvalue weighted by molar-refractivity contribution is 7.89. The van der Waals surface area contributed by atoms with Crippen LogP contribution in [-0.4, -0.2) is 50.1 Å². The Hall–Kier alpha value is -1.64. The summed E-state index contributed by atoms with van der Waals surface area (Å²) in [5.74, 6) is -0.742. The summed E-state index contributed by atoms with van der Waals surface area (Å²) in [5.41, 5.74) is 5.82. The number of methoxy groups -OCH3 is 1. The van der Waals surface area contributed by atoms with E-state index in [-0.39, 0.29) is 22.8 Å². The lowest BCUT2D eigenvalue weighted by Crippen LogP contribution is -2.38. The number of aliphatic hydroxyl groups excluding tert-OH is 1. The number of carbonyl (C=O) groups is 1. The molecule has 3 N–H and O–H groups in total. The molecule has 1 aromatic carbocycles. The summed E-state index contributed by atoms with van der Waals surface area (Å²) in [7, 11) is -2.73. The molecule has 0 amide bonds. The molecule has 0 aromatic heterocycles. The van der Waals surface area contributed by atoms with Crippen molar-refractivity contribution in [2.45, 2.75) is 23.8 Å². The van der Waals surface area contributed by atoms with Gasteiger partial charge in [-0.1, -0.05) is 0 Å². The Bertz CT molecular complexity index is 644. The summed E-state index contributed by atoms with van der Waals surface area (Å²) < 4.78 is 31.3. The van der Waals surface area contributed by atoms with Crippen LogP contribution in [0.15, 0.2) is 23.1 Å². The Morgan fingerprint density at radius 1 is 1.52 bits per heavy atom. The second-order valence-corrected chi connectivity index (χ2v) is 6.70. The molecule has 1 heterocycles. The van der Waals surface area contributed by atoms with Crippen LogP contribution >= 0.6 is 0 Å². The molecule has 1 fully saturated rings. The van der Waals surface area contributed by atoms with E-state index in [4.69, 9.17) is 5.73 Å². The molecular formula is C13H18N2O5S. The lowest BCUT2D eigenvalue weighted by molar-refractivity contribution is 0.0596. The topological polar surface area (TPSA) is 110 Å². The standard InChI is InChI=1S/C13H18N2O5S/c1-20-13(17)11-5-4-9(14)7-12(11)21(18,19)15-6-2-3-10(15)8-16/h4-5,7,10,16H,2-3,6,8,14H2,1H3. The van der Waals surface area contributed by atoms with Crippen LogP contribution in [0.2, 0.25) is 0 Å². The first-order valence-electron chi connectivity index (χ1n) is 6.52. The van der Waals surface area contributed by atoms with Crippen molar-refractivity contribution in [1.82, 2.24) is 4.31 Å². The fraction of sp³-hybridized carbons (Fsp3) is 0.462. The number of ether oxygens (including phenoxy) is 1. The molecule has 1 atom stereocenters. The number of rotatable bonds is 4. The van der Waals surface area contributed by atoms with Gasteiger partial charge in [-0.2, -0.15) is 4.31 Å². The van der Waals surface area contributed by atoms with Crippen LogP contribution in [0.1, 0.15) is 23.2 Å². The Kier molecular flexibility index (Phi) is 4.50. The maximum absolute atomic E-state index is 12.7. The monoisotopic (exact) mass is 314 g/mol. The quantitative estimate of drug-likeness (QED) is 0.607. The first-order valence-corrected chi connectivity index (χ1v) is 7.96. The molecule has 1 unspecified atom stereocenters. The molecule has 1 aromatic rings. The number of sulfonamides is 1. The number of hydrogen-bond donors (Lipinski definition) is 2. The number of nitrogen functional groups attached to an aromatic ring is 1. The van der Waals surface area contributed by atoms with Crippen molar-refractivity contribution in [3.63, 3.8) is 0 Å². The molecule has 1 saturated heterocycles. The number of esters is 1. The number of aliphatic hydroxyl groups is 1. The number of nitrogens with zero attached hydrogens (tertiary/aromatic N) is 1. The van der Waals surface area contributed by atoms with E-state index in [1.54, 1.807) is 0 Å². The van der Waals surface area contributed by atoms with Crippen molar-refractivity contribution in [3.8, 4) is 0 Å². The maximum Gasteiger partial charge on any atom is 0.339 e. The van der Waals surface area contributed by atoms with Crippen molar-refractivity contribution >= 4 is 21.7 Å². The van der Waals surface area contributed by atoms with Crippen LogP contribution < -0.4 is 5.73 Å². The fourth-order valence-corrected chi connectivity index (χ4v) is 4.37. The summed E-state index contributed by atoms with van der Waals surface area (Å²) in [5, 5.41) is 9.30. The van der Waals surface area contributed by atoms with E-state index in [9.17, 15) is 18.3 Å². The predicted octanol–water partition coefficient (Wildman–Crippen LogP) is 0.201. The van der Waals surface area contributed by atoms with Gasteiger partial charge in [-0.25, -0.2) is 13.2 Å². The van der Waals surface area contributed by atoms with Gasteiger partial charge < -0.3 is 15.6 Å². The van der Waals surface area contributed by atoms with Gasteiger partial charge in [0.1, 0.15) is 0 Å². The van der Waals surface area contributed by atoms with Gasteiger partial charge in [0.15, 0.2) is 0 Å². The Labute approximate surface area is 123 Å². The van der Waals surface area contributed by atoms with Crippen LogP contribution in [0.25, 0.3) is 0 Å². The van der Waals surface area contributed by atoms with Gasteiger partial charge in [0, 0.05) is 18.3 Å². The molecule has 0 bridgehead atoms. The van der Waals surface area contributed by atoms with Crippen molar-refractivity contribution in [3.05, 3.63) is 23.8 Å². The highest BCUT2D eigenvalue weighted by Gasteiger charge is 2.37. The highest BCUT2D eigenvalue weighted by atomic mass is 32.2. The highest BCUT2D eigenvalue weighted by Crippen LogP contribution is 2.29. The first kappa shape index (κ1) is 15.7. The van der Waals surface area contributed by atoms with Gasteiger partial charge in [0.05, 0.1) is 24.2 Å². The maximum atomic E-state index is 12.7. The van der Waals surface area contributed by atoms with Crippen molar-refractivity contribution in [2.75, 3.05) is 26.0 Å².